The molecule has 0 amide bonds. The van der Waals surface area contributed by atoms with Crippen LogP contribution in [0.2, 0.25) is 0 Å². The Balaban J connectivity index is 1.48. The first kappa shape index (κ1) is 12.9. The second-order valence-electron chi connectivity index (χ2n) is 6.51. The second-order valence-corrected chi connectivity index (χ2v) is 6.51. The molecule has 0 saturated heterocycles. The van der Waals surface area contributed by atoms with Crippen LogP contribution in [0.1, 0.15) is 47.4 Å². The van der Waals surface area contributed by atoms with Crippen LogP contribution in [0.5, 0.6) is 0 Å². The molecule has 108 valence electrons. The lowest BCUT2D eigenvalue weighted by atomic mass is 9.83. The molecule has 1 atom stereocenters. The predicted octanol–water partition coefficient (Wildman–Crippen LogP) is 4.71. The highest BCUT2D eigenvalue weighted by molar-refractivity contribution is 5.50. The molecule has 0 bridgehead atoms. The van der Waals surface area contributed by atoms with E-state index in [0.29, 0.717) is 5.92 Å². The summed E-state index contributed by atoms with van der Waals surface area (Å²) in [6, 6.07) is 15.9. The molecule has 2 aromatic carbocycles. The Morgan fingerprint density at radius 2 is 1.71 bits per heavy atom. The molecule has 0 radical (unpaired) electrons. The summed E-state index contributed by atoms with van der Waals surface area (Å²) in [4.78, 5) is 0. The average Bonchev–Trinajstić information content (AvgIpc) is 3.00. The largest absolute Gasteiger partial charge is 0.384 e. The van der Waals surface area contributed by atoms with Gasteiger partial charge in [0.25, 0.3) is 0 Å². The number of hydrogen-bond acceptors (Lipinski definition) is 1. The summed E-state index contributed by atoms with van der Waals surface area (Å²) in [5.74, 6) is 0.670. The summed E-state index contributed by atoms with van der Waals surface area (Å²) in [5, 5.41) is 3.68. The normalized spacial score (nSPS) is 19.9. The Kier molecular flexibility index (Phi) is 3.42. The van der Waals surface area contributed by atoms with Crippen LogP contribution in [0.15, 0.2) is 42.5 Å². The third kappa shape index (κ3) is 2.57. The van der Waals surface area contributed by atoms with Crippen LogP contribution < -0.4 is 5.32 Å². The highest BCUT2D eigenvalue weighted by Crippen LogP contribution is 2.32. The molecule has 0 aliphatic heterocycles. The zero-order valence-electron chi connectivity index (χ0n) is 12.6. The van der Waals surface area contributed by atoms with Gasteiger partial charge in [0, 0.05) is 18.2 Å². The van der Waals surface area contributed by atoms with Gasteiger partial charge in [0.1, 0.15) is 0 Å². The number of fused-ring (bicyclic) bond motifs is 2. The third-order valence-electron chi connectivity index (χ3n) is 5.14. The monoisotopic (exact) mass is 277 g/mol. The van der Waals surface area contributed by atoms with E-state index in [9.17, 15) is 0 Å². The van der Waals surface area contributed by atoms with Gasteiger partial charge in [-0.15, -0.1) is 0 Å². The molecule has 4 rings (SSSR count). The molecule has 1 nitrogen and oxygen atoms in total. The van der Waals surface area contributed by atoms with Gasteiger partial charge in [0.2, 0.25) is 0 Å². The maximum Gasteiger partial charge on any atom is 0.0343 e. The van der Waals surface area contributed by atoms with Gasteiger partial charge in [-0.1, -0.05) is 30.3 Å². The van der Waals surface area contributed by atoms with Crippen LogP contribution in [0.25, 0.3) is 0 Å². The molecule has 2 aromatic rings. The van der Waals surface area contributed by atoms with E-state index in [2.05, 4.69) is 47.8 Å². The number of rotatable bonds is 3. The smallest absolute Gasteiger partial charge is 0.0343 e. The van der Waals surface area contributed by atoms with Crippen LogP contribution in [-0.4, -0.2) is 6.54 Å². The van der Waals surface area contributed by atoms with Crippen molar-refractivity contribution in [3.05, 3.63) is 64.7 Å². The van der Waals surface area contributed by atoms with Gasteiger partial charge in [-0.2, -0.15) is 0 Å². The molecule has 0 heterocycles. The zero-order chi connectivity index (χ0) is 14.1. The van der Waals surface area contributed by atoms with E-state index in [4.69, 9.17) is 0 Å². The van der Waals surface area contributed by atoms with E-state index in [-0.39, 0.29) is 0 Å². The number of benzene rings is 2. The van der Waals surface area contributed by atoms with Crippen molar-refractivity contribution in [2.75, 3.05) is 11.9 Å². The fourth-order valence-corrected chi connectivity index (χ4v) is 3.99. The van der Waals surface area contributed by atoms with Crippen molar-refractivity contribution in [2.45, 2.75) is 44.4 Å². The van der Waals surface area contributed by atoms with Crippen LogP contribution in [0.3, 0.4) is 0 Å². The maximum atomic E-state index is 3.68. The fourth-order valence-electron chi connectivity index (χ4n) is 3.99. The minimum atomic E-state index is 0.670. The average molecular weight is 277 g/mol. The van der Waals surface area contributed by atoms with Crippen molar-refractivity contribution < 1.29 is 0 Å². The van der Waals surface area contributed by atoms with E-state index >= 15 is 0 Å². The summed E-state index contributed by atoms with van der Waals surface area (Å²) < 4.78 is 0. The van der Waals surface area contributed by atoms with Crippen molar-refractivity contribution in [3.63, 3.8) is 0 Å². The Morgan fingerprint density at radius 3 is 2.71 bits per heavy atom. The minimum absolute atomic E-state index is 0.670. The molecule has 0 fully saturated rings. The van der Waals surface area contributed by atoms with Gasteiger partial charge in [0.15, 0.2) is 0 Å². The van der Waals surface area contributed by atoms with Gasteiger partial charge < -0.3 is 5.32 Å². The minimum Gasteiger partial charge on any atom is -0.384 e. The SMILES string of the molecule is c1ccc2c(c1)CCCC2CNc1ccc2c(c1)CCC2. The van der Waals surface area contributed by atoms with Crippen LogP contribution in [0.4, 0.5) is 5.69 Å². The molecule has 1 unspecified atom stereocenters. The maximum absolute atomic E-state index is 3.68. The molecule has 2 aliphatic rings. The lowest BCUT2D eigenvalue weighted by molar-refractivity contribution is 0.572. The summed E-state index contributed by atoms with van der Waals surface area (Å²) in [7, 11) is 0. The lowest BCUT2D eigenvalue weighted by Gasteiger charge is -2.26. The molecule has 0 aromatic heterocycles. The van der Waals surface area contributed by atoms with Crippen molar-refractivity contribution in [1.29, 1.82) is 0 Å². The number of aryl methyl sites for hydroxylation is 3. The van der Waals surface area contributed by atoms with Crippen molar-refractivity contribution in [3.8, 4) is 0 Å². The highest BCUT2D eigenvalue weighted by atomic mass is 14.9. The van der Waals surface area contributed by atoms with Gasteiger partial charge in [-0.05, 0) is 72.9 Å². The van der Waals surface area contributed by atoms with E-state index in [0.717, 1.165) is 6.54 Å². The quantitative estimate of drug-likeness (QED) is 0.857. The van der Waals surface area contributed by atoms with E-state index in [1.165, 1.54) is 44.2 Å². The highest BCUT2D eigenvalue weighted by Gasteiger charge is 2.19. The lowest BCUT2D eigenvalue weighted by Crippen LogP contribution is -2.18. The zero-order valence-corrected chi connectivity index (χ0v) is 12.6. The van der Waals surface area contributed by atoms with Crippen LogP contribution in [-0.2, 0) is 19.3 Å². The fraction of sp³-hybridized carbons (Fsp3) is 0.400. The van der Waals surface area contributed by atoms with Crippen molar-refractivity contribution in [2.24, 2.45) is 0 Å². The Hall–Kier alpha value is -1.76. The number of nitrogens with one attached hydrogen (secondary N) is 1. The molecule has 2 aliphatic carbocycles. The standard InChI is InChI=1S/C20H23N/c1-2-10-20-16(5-1)7-4-9-18(20)14-21-19-12-11-15-6-3-8-17(15)13-19/h1-2,5,10-13,18,21H,3-4,6-9,14H2. The summed E-state index contributed by atoms with van der Waals surface area (Å²) >= 11 is 0. The molecule has 0 saturated carbocycles. The molecule has 0 spiro atoms. The summed E-state index contributed by atoms with van der Waals surface area (Å²) in [6.07, 6.45) is 7.76. The first-order chi connectivity index (χ1) is 10.4. The predicted molar refractivity (Wildman–Crippen MR) is 89.1 cm³/mol. The molecule has 1 N–H and O–H groups in total. The van der Waals surface area contributed by atoms with E-state index in [1.807, 2.05) is 0 Å². The summed E-state index contributed by atoms with van der Waals surface area (Å²) in [5.41, 5.74) is 7.55. The topological polar surface area (TPSA) is 12.0 Å². The van der Waals surface area contributed by atoms with Crippen molar-refractivity contribution >= 4 is 5.69 Å². The Morgan fingerprint density at radius 1 is 0.857 bits per heavy atom. The molecular formula is C20H23N. The van der Waals surface area contributed by atoms with Gasteiger partial charge in [0.05, 0.1) is 0 Å². The van der Waals surface area contributed by atoms with E-state index in [1.54, 1.807) is 22.3 Å². The summed E-state index contributed by atoms with van der Waals surface area (Å²) in [6.45, 7) is 1.07. The van der Waals surface area contributed by atoms with Crippen molar-refractivity contribution in [1.82, 2.24) is 0 Å². The number of hydrogen-bond donors (Lipinski definition) is 1. The molecule has 1 heteroatoms. The van der Waals surface area contributed by atoms with Crippen LogP contribution in [0, 0.1) is 0 Å². The second kappa shape index (κ2) is 5.55. The first-order valence-electron chi connectivity index (χ1n) is 8.33. The third-order valence-corrected chi connectivity index (χ3v) is 5.14. The van der Waals surface area contributed by atoms with Gasteiger partial charge >= 0.3 is 0 Å². The van der Waals surface area contributed by atoms with Crippen LogP contribution >= 0.6 is 0 Å². The van der Waals surface area contributed by atoms with Gasteiger partial charge in [-0.3, -0.25) is 0 Å². The molecule has 21 heavy (non-hydrogen) atoms. The Labute approximate surface area is 127 Å². The first-order valence-corrected chi connectivity index (χ1v) is 8.33. The molecular weight excluding hydrogens is 254 g/mol. The Bertz CT molecular complexity index is 644. The number of anilines is 1. The van der Waals surface area contributed by atoms with Gasteiger partial charge in [-0.25, -0.2) is 0 Å². The van der Waals surface area contributed by atoms with E-state index < -0.39 is 0 Å².